The number of fused-ring (bicyclic) bond motifs is 3. The standard InChI is InChI=1S/C22H22BrN3O3/c1-22-11-9-20(28)26(22)18-8-3-2-7-17(18)21(29)25(22)12-10-19(27)24-14-15-5-4-6-16(23)13-15/h2-8,13H,9-12,14H2,1H3,(H,24,27). The van der Waals surface area contributed by atoms with Gasteiger partial charge in [-0.15, -0.1) is 0 Å². The van der Waals surface area contributed by atoms with Crippen LogP contribution in [0.3, 0.4) is 0 Å². The Hall–Kier alpha value is -2.67. The number of para-hydroxylation sites is 1. The van der Waals surface area contributed by atoms with E-state index in [0.29, 0.717) is 30.6 Å². The minimum absolute atomic E-state index is 0.0107. The van der Waals surface area contributed by atoms with Crippen LogP contribution in [0.5, 0.6) is 0 Å². The normalized spacial score (nSPS) is 20.5. The Bertz CT molecular complexity index is 993. The van der Waals surface area contributed by atoms with Crippen molar-refractivity contribution < 1.29 is 14.4 Å². The number of carbonyl (C=O) groups is 3. The molecule has 0 radical (unpaired) electrons. The van der Waals surface area contributed by atoms with E-state index in [1.807, 2.05) is 43.3 Å². The molecule has 0 bridgehead atoms. The first-order valence-corrected chi connectivity index (χ1v) is 10.4. The van der Waals surface area contributed by atoms with Crippen LogP contribution < -0.4 is 10.2 Å². The molecular weight excluding hydrogens is 434 g/mol. The van der Waals surface area contributed by atoms with Gasteiger partial charge in [0.25, 0.3) is 5.91 Å². The minimum Gasteiger partial charge on any atom is -0.352 e. The van der Waals surface area contributed by atoms with E-state index in [1.165, 1.54) is 0 Å². The first kappa shape index (κ1) is 19.6. The third kappa shape index (κ3) is 3.55. The highest BCUT2D eigenvalue weighted by atomic mass is 79.9. The third-order valence-corrected chi connectivity index (χ3v) is 6.18. The Labute approximate surface area is 178 Å². The molecule has 1 unspecified atom stereocenters. The molecule has 0 aliphatic carbocycles. The number of halogens is 1. The molecule has 3 amide bonds. The van der Waals surface area contributed by atoms with Gasteiger partial charge in [-0.3, -0.25) is 19.3 Å². The molecule has 1 atom stereocenters. The second-order valence-electron chi connectivity index (χ2n) is 7.58. The minimum atomic E-state index is -0.729. The molecule has 0 saturated carbocycles. The molecule has 2 aliphatic heterocycles. The number of nitrogens with one attached hydrogen (secondary N) is 1. The number of amides is 3. The Morgan fingerprint density at radius 3 is 2.76 bits per heavy atom. The third-order valence-electron chi connectivity index (χ3n) is 5.69. The zero-order chi connectivity index (χ0) is 20.6. The van der Waals surface area contributed by atoms with Crippen molar-refractivity contribution in [2.24, 2.45) is 0 Å². The first-order valence-electron chi connectivity index (χ1n) is 9.65. The summed E-state index contributed by atoms with van der Waals surface area (Å²) >= 11 is 3.42. The highest BCUT2D eigenvalue weighted by Crippen LogP contribution is 2.43. The van der Waals surface area contributed by atoms with Gasteiger partial charge in [-0.2, -0.15) is 0 Å². The fraction of sp³-hybridized carbons (Fsp3) is 0.318. The second kappa shape index (κ2) is 7.63. The Morgan fingerprint density at radius 1 is 1.17 bits per heavy atom. The average Bonchev–Trinajstić information content (AvgIpc) is 3.01. The maximum absolute atomic E-state index is 13.2. The molecule has 150 valence electrons. The van der Waals surface area contributed by atoms with Crippen LogP contribution in [-0.2, 0) is 16.1 Å². The van der Waals surface area contributed by atoms with Gasteiger partial charge in [0.1, 0.15) is 5.66 Å². The van der Waals surface area contributed by atoms with Gasteiger partial charge in [-0.05, 0) is 43.2 Å². The molecule has 4 rings (SSSR count). The van der Waals surface area contributed by atoms with Gasteiger partial charge in [0.05, 0.1) is 11.3 Å². The van der Waals surface area contributed by atoms with Gasteiger partial charge < -0.3 is 10.2 Å². The molecule has 7 heteroatoms. The Morgan fingerprint density at radius 2 is 1.97 bits per heavy atom. The lowest BCUT2D eigenvalue weighted by atomic mass is 9.98. The lowest BCUT2D eigenvalue weighted by Crippen LogP contribution is -2.62. The Balaban J connectivity index is 1.47. The van der Waals surface area contributed by atoms with Gasteiger partial charge in [0, 0.05) is 30.4 Å². The summed E-state index contributed by atoms with van der Waals surface area (Å²) in [5.74, 6) is -0.249. The largest absolute Gasteiger partial charge is 0.352 e. The number of hydrogen-bond donors (Lipinski definition) is 1. The molecule has 1 N–H and O–H groups in total. The van der Waals surface area contributed by atoms with E-state index < -0.39 is 5.66 Å². The summed E-state index contributed by atoms with van der Waals surface area (Å²) in [6.07, 6.45) is 1.13. The Kier molecular flexibility index (Phi) is 5.17. The molecule has 29 heavy (non-hydrogen) atoms. The van der Waals surface area contributed by atoms with Crippen LogP contribution in [0.4, 0.5) is 5.69 Å². The number of hydrogen-bond acceptors (Lipinski definition) is 3. The SMILES string of the molecule is CC12CCC(=O)N1c1ccccc1C(=O)N2CCC(=O)NCc1cccc(Br)c1. The maximum atomic E-state index is 13.2. The van der Waals surface area contributed by atoms with Crippen molar-refractivity contribution >= 4 is 39.3 Å². The van der Waals surface area contributed by atoms with Crippen molar-refractivity contribution in [3.63, 3.8) is 0 Å². The lowest BCUT2D eigenvalue weighted by Gasteiger charge is -2.48. The lowest BCUT2D eigenvalue weighted by molar-refractivity contribution is -0.121. The van der Waals surface area contributed by atoms with Crippen molar-refractivity contribution in [3.8, 4) is 0 Å². The van der Waals surface area contributed by atoms with Gasteiger partial charge in [0.2, 0.25) is 11.8 Å². The van der Waals surface area contributed by atoms with E-state index in [0.717, 1.165) is 10.0 Å². The predicted octanol–water partition coefficient (Wildman–Crippen LogP) is 3.45. The molecule has 2 heterocycles. The molecule has 6 nitrogen and oxygen atoms in total. The van der Waals surface area contributed by atoms with Crippen LogP contribution in [-0.4, -0.2) is 34.8 Å². The molecule has 2 aromatic carbocycles. The van der Waals surface area contributed by atoms with Crippen molar-refractivity contribution in [2.45, 2.75) is 38.4 Å². The molecule has 2 aliphatic rings. The van der Waals surface area contributed by atoms with Gasteiger partial charge >= 0.3 is 0 Å². The second-order valence-corrected chi connectivity index (χ2v) is 8.49. The van der Waals surface area contributed by atoms with Crippen molar-refractivity contribution in [1.29, 1.82) is 0 Å². The van der Waals surface area contributed by atoms with Crippen molar-refractivity contribution in [2.75, 3.05) is 11.4 Å². The highest BCUT2D eigenvalue weighted by molar-refractivity contribution is 9.10. The number of carbonyl (C=O) groups excluding carboxylic acids is 3. The molecule has 0 spiro atoms. The fourth-order valence-electron chi connectivity index (χ4n) is 4.19. The summed E-state index contributed by atoms with van der Waals surface area (Å²) in [7, 11) is 0. The molecule has 2 aromatic rings. The molecule has 1 fully saturated rings. The number of anilines is 1. The van der Waals surface area contributed by atoms with Crippen LogP contribution in [0.15, 0.2) is 53.0 Å². The van der Waals surface area contributed by atoms with Crippen LogP contribution in [0.1, 0.15) is 42.1 Å². The van der Waals surface area contributed by atoms with Crippen LogP contribution in [0, 0.1) is 0 Å². The summed E-state index contributed by atoms with van der Waals surface area (Å²) in [4.78, 5) is 41.5. The van der Waals surface area contributed by atoms with E-state index in [-0.39, 0.29) is 30.7 Å². The van der Waals surface area contributed by atoms with Gasteiger partial charge in [0.15, 0.2) is 0 Å². The number of benzene rings is 2. The van der Waals surface area contributed by atoms with Crippen LogP contribution in [0.2, 0.25) is 0 Å². The van der Waals surface area contributed by atoms with Crippen molar-refractivity contribution in [1.82, 2.24) is 10.2 Å². The summed E-state index contributed by atoms with van der Waals surface area (Å²) < 4.78 is 0.959. The zero-order valence-corrected chi connectivity index (χ0v) is 17.7. The van der Waals surface area contributed by atoms with Crippen molar-refractivity contribution in [3.05, 3.63) is 64.1 Å². The summed E-state index contributed by atoms with van der Waals surface area (Å²) in [6, 6.07) is 14.9. The topological polar surface area (TPSA) is 69.7 Å². The predicted molar refractivity (Wildman–Crippen MR) is 113 cm³/mol. The fourth-order valence-corrected chi connectivity index (χ4v) is 4.64. The van der Waals surface area contributed by atoms with E-state index in [9.17, 15) is 14.4 Å². The van der Waals surface area contributed by atoms with E-state index >= 15 is 0 Å². The number of nitrogens with zero attached hydrogens (tertiary/aromatic N) is 2. The van der Waals surface area contributed by atoms with E-state index in [2.05, 4.69) is 21.2 Å². The van der Waals surface area contributed by atoms with Crippen LogP contribution in [0.25, 0.3) is 0 Å². The summed E-state index contributed by atoms with van der Waals surface area (Å²) in [5.41, 5.74) is 1.44. The maximum Gasteiger partial charge on any atom is 0.257 e. The van der Waals surface area contributed by atoms with E-state index in [4.69, 9.17) is 0 Å². The van der Waals surface area contributed by atoms with Crippen LogP contribution >= 0.6 is 15.9 Å². The molecule has 0 aromatic heterocycles. The molecule has 1 saturated heterocycles. The number of rotatable bonds is 5. The van der Waals surface area contributed by atoms with Gasteiger partial charge in [-0.25, -0.2) is 0 Å². The molecular formula is C22H22BrN3O3. The monoisotopic (exact) mass is 455 g/mol. The quantitative estimate of drug-likeness (QED) is 0.750. The summed E-state index contributed by atoms with van der Waals surface area (Å²) in [6.45, 7) is 2.60. The summed E-state index contributed by atoms with van der Waals surface area (Å²) in [5, 5.41) is 2.90. The average molecular weight is 456 g/mol. The van der Waals surface area contributed by atoms with Gasteiger partial charge in [-0.1, -0.05) is 40.2 Å². The smallest absolute Gasteiger partial charge is 0.257 e. The highest BCUT2D eigenvalue weighted by Gasteiger charge is 2.52. The van der Waals surface area contributed by atoms with E-state index in [1.54, 1.807) is 21.9 Å². The zero-order valence-electron chi connectivity index (χ0n) is 16.2. The first-order chi connectivity index (χ1) is 13.9.